The van der Waals surface area contributed by atoms with Gasteiger partial charge in [-0.05, 0) is 60.3 Å². The Kier molecular flexibility index (Phi) is 5.37. The van der Waals surface area contributed by atoms with E-state index in [-0.39, 0.29) is 16.8 Å². The highest BCUT2D eigenvalue weighted by Crippen LogP contribution is 2.30. The summed E-state index contributed by atoms with van der Waals surface area (Å²) in [5, 5.41) is 5.50. The van der Waals surface area contributed by atoms with E-state index in [0.29, 0.717) is 28.3 Å². The predicted molar refractivity (Wildman–Crippen MR) is 103 cm³/mol. The predicted octanol–water partition coefficient (Wildman–Crippen LogP) is 2.27. The maximum atomic E-state index is 12.3. The summed E-state index contributed by atoms with van der Waals surface area (Å²) in [4.78, 5) is 24.0. The number of hydrogen-bond donors (Lipinski definition) is 2. The molecule has 0 aliphatic carbocycles. The Balaban J connectivity index is 1.80. The summed E-state index contributed by atoms with van der Waals surface area (Å²) in [6.45, 7) is 0. The second-order valence-electron chi connectivity index (χ2n) is 5.49. The van der Waals surface area contributed by atoms with Crippen LogP contribution in [0, 0.1) is 0 Å². The lowest BCUT2D eigenvalue weighted by atomic mass is 10.1. The molecular weight excluding hydrogens is 368 g/mol. The Morgan fingerprint density at radius 3 is 2.33 bits per heavy atom. The molecule has 0 unspecified atom stereocenters. The van der Waals surface area contributed by atoms with Crippen LogP contribution in [0.15, 0.2) is 48.2 Å². The van der Waals surface area contributed by atoms with Gasteiger partial charge >= 0.3 is 5.97 Å². The SMILES string of the molecule is COc1ccc(C(=O)Oc2ccc(C=C3NC(=S)NC3=O)cc2OC)cc1. The Bertz CT molecular complexity index is 938. The standard InChI is InChI=1S/C19H16N2O5S/c1-24-13-6-4-12(5-7-13)18(23)26-15-8-3-11(10-16(15)25-2)9-14-17(22)21-19(27)20-14/h3-10H,1-2H3,(H2,20,21,22,27). The lowest BCUT2D eigenvalue weighted by Gasteiger charge is -2.10. The minimum atomic E-state index is -0.524. The molecule has 1 heterocycles. The van der Waals surface area contributed by atoms with Gasteiger partial charge in [0.2, 0.25) is 0 Å². The minimum Gasteiger partial charge on any atom is -0.497 e. The number of carbonyl (C=O) groups is 2. The number of rotatable bonds is 5. The topological polar surface area (TPSA) is 85.9 Å². The molecule has 1 amide bonds. The van der Waals surface area contributed by atoms with Gasteiger partial charge in [0.15, 0.2) is 16.6 Å². The summed E-state index contributed by atoms with van der Waals surface area (Å²) >= 11 is 4.89. The Morgan fingerprint density at radius 2 is 1.74 bits per heavy atom. The number of hydrogen-bond acceptors (Lipinski definition) is 6. The summed E-state index contributed by atoms with van der Waals surface area (Å²) in [6, 6.07) is 11.5. The molecule has 7 nitrogen and oxygen atoms in total. The van der Waals surface area contributed by atoms with Gasteiger partial charge in [0.1, 0.15) is 11.4 Å². The number of ether oxygens (including phenoxy) is 3. The third kappa shape index (κ3) is 4.24. The van der Waals surface area contributed by atoms with Crippen molar-refractivity contribution in [2.75, 3.05) is 14.2 Å². The smallest absolute Gasteiger partial charge is 0.343 e. The zero-order valence-electron chi connectivity index (χ0n) is 14.6. The number of benzene rings is 2. The van der Waals surface area contributed by atoms with E-state index in [4.69, 9.17) is 26.4 Å². The van der Waals surface area contributed by atoms with Gasteiger partial charge in [-0.15, -0.1) is 0 Å². The van der Waals surface area contributed by atoms with Gasteiger partial charge in [-0.25, -0.2) is 4.79 Å². The minimum absolute atomic E-state index is 0.253. The van der Waals surface area contributed by atoms with Crippen molar-refractivity contribution >= 4 is 35.3 Å². The second kappa shape index (κ2) is 7.88. The van der Waals surface area contributed by atoms with Gasteiger partial charge in [0, 0.05) is 0 Å². The van der Waals surface area contributed by atoms with Crippen LogP contribution in [0.4, 0.5) is 0 Å². The summed E-state index contributed by atoms with van der Waals surface area (Å²) in [5.41, 5.74) is 1.38. The van der Waals surface area contributed by atoms with Gasteiger partial charge in [-0.1, -0.05) is 6.07 Å². The van der Waals surface area contributed by atoms with Crippen molar-refractivity contribution < 1.29 is 23.8 Å². The second-order valence-corrected chi connectivity index (χ2v) is 5.90. The first-order chi connectivity index (χ1) is 13.0. The van der Waals surface area contributed by atoms with E-state index in [9.17, 15) is 9.59 Å². The van der Waals surface area contributed by atoms with Crippen molar-refractivity contribution in [3.8, 4) is 17.2 Å². The average molecular weight is 384 g/mol. The zero-order valence-corrected chi connectivity index (χ0v) is 15.4. The highest BCUT2D eigenvalue weighted by atomic mass is 32.1. The van der Waals surface area contributed by atoms with Crippen LogP contribution in [0.5, 0.6) is 17.2 Å². The molecular formula is C19H16N2O5S. The van der Waals surface area contributed by atoms with Crippen LogP contribution >= 0.6 is 12.2 Å². The third-order valence-electron chi connectivity index (χ3n) is 3.75. The van der Waals surface area contributed by atoms with Gasteiger partial charge in [0.25, 0.3) is 5.91 Å². The fraction of sp³-hybridized carbons (Fsp3) is 0.105. The number of nitrogens with one attached hydrogen (secondary N) is 2. The fourth-order valence-electron chi connectivity index (χ4n) is 2.39. The molecule has 1 fully saturated rings. The summed E-state index contributed by atoms with van der Waals surface area (Å²) in [7, 11) is 3.01. The maximum absolute atomic E-state index is 12.3. The molecule has 0 atom stereocenters. The van der Waals surface area contributed by atoms with Gasteiger partial charge in [-0.3, -0.25) is 10.1 Å². The summed E-state index contributed by atoms with van der Waals surface area (Å²) < 4.78 is 15.8. The average Bonchev–Trinajstić information content (AvgIpc) is 2.99. The highest BCUT2D eigenvalue weighted by Gasteiger charge is 2.20. The molecule has 2 aromatic rings. The molecule has 0 spiro atoms. The van der Waals surface area contributed by atoms with Crippen LogP contribution in [0.25, 0.3) is 6.08 Å². The van der Waals surface area contributed by atoms with Crippen molar-refractivity contribution in [2.24, 2.45) is 0 Å². The van der Waals surface area contributed by atoms with Crippen LogP contribution in [0.1, 0.15) is 15.9 Å². The lowest BCUT2D eigenvalue weighted by molar-refractivity contribution is -0.115. The normalized spacial score (nSPS) is 14.5. The van der Waals surface area contributed by atoms with Gasteiger partial charge in [0.05, 0.1) is 19.8 Å². The van der Waals surface area contributed by atoms with Crippen molar-refractivity contribution in [3.63, 3.8) is 0 Å². The Labute approximate surface area is 160 Å². The first kappa shape index (κ1) is 18.4. The first-order valence-electron chi connectivity index (χ1n) is 7.88. The lowest BCUT2D eigenvalue weighted by Crippen LogP contribution is -2.21. The number of methoxy groups -OCH3 is 2. The molecule has 1 aliphatic heterocycles. The molecule has 0 radical (unpaired) electrons. The quantitative estimate of drug-likeness (QED) is 0.354. The Morgan fingerprint density at radius 1 is 1.00 bits per heavy atom. The molecule has 2 N–H and O–H groups in total. The van der Waals surface area contributed by atoms with Gasteiger partial charge in [-0.2, -0.15) is 0 Å². The molecule has 1 aliphatic rings. The number of thiocarbonyl (C=S) groups is 1. The van der Waals surface area contributed by atoms with E-state index in [0.717, 1.165) is 0 Å². The van der Waals surface area contributed by atoms with E-state index < -0.39 is 5.97 Å². The molecule has 2 aromatic carbocycles. The number of carbonyl (C=O) groups excluding carboxylic acids is 2. The van der Waals surface area contributed by atoms with Crippen molar-refractivity contribution in [1.29, 1.82) is 0 Å². The van der Waals surface area contributed by atoms with Gasteiger partial charge < -0.3 is 19.5 Å². The molecule has 3 rings (SSSR count). The molecule has 138 valence electrons. The molecule has 0 saturated carbocycles. The van der Waals surface area contributed by atoms with Crippen LogP contribution in [-0.2, 0) is 4.79 Å². The monoisotopic (exact) mass is 384 g/mol. The van der Waals surface area contributed by atoms with E-state index in [1.165, 1.54) is 7.11 Å². The molecule has 0 bridgehead atoms. The largest absolute Gasteiger partial charge is 0.497 e. The van der Waals surface area contributed by atoms with Crippen LogP contribution < -0.4 is 24.8 Å². The Hall–Kier alpha value is -3.39. The third-order valence-corrected chi connectivity index (χ3v) is 3.95. The fourth-order valence-corrected chi connectivity index (χ4v) is 2.60. The van der Waals surface area contributed by atoms with Crippen molar-refractivity contribution in [3.05, 3.63) is 59.3 Å². The van der Waals surface area contributed by atoms with E-state index in [1.807, 2.05) is 0 Å². The van der Waals surface area contributed by atoms with Crippen molar-refractivity contribution in [2.45, 2.75) is 0 Å². The van der Waals surface area contributed by atoms with Crippen LogP contribution in [0.2, 0.25) is 0 Å². The maximum Gasteiger partial charge on any atom is 0.343 e. The molecule has 0 aromatic heterocycles. The molecule has 1 saturated heterocycles. The van der Waals surface area contributed by atoms with E-state index in [1.54, 1.807) is 55.7 Å². The van der Waals surface area contributed by atoms with Crippen LogP contribution in [0.3, 0.4) is 0 Å². The summed E-state index contributed by atoms with van der Waals surface area (Å²) in [6.07, 6.45) is 1.62. The van der Waals surface area contributed by atoms with Crippen molar-refractivity contribution in [1.82, 2.24) is 10.6 Å². The number of esters is 1. The highest BCUT2D eigenvalue weighted by molar-refractivity contribution is 7.80. The van der Waals surface area contributed by atoms with Crippen LogP contribution in [-0.4, -0.2) is 31.2 Å². The zero-order chi connectivity index (χ0) is 19.4. The first-order valence-corrected chi connectivity index (χ1v) is 8.29. The summed E-state index contributed by atoms with van der Waals surface area (Å²) in [5.74, 6) is 0.427. The van der Waals surface area contributed by atoms with E-state index >= 15 is 0 Å². The number of amides is 1. The molecule has 27 heavy (non-hydrogen) atoms. The molecule has 8 heteroatoms. The van der Waals surface area contributed by atoms with E-state index in [2.05, 4.69) is 10.6 Å².